The van der Waals surface area contributed by atoms with E-state index in [0.29, 0.717) is 10.0 Å². The normalized spacial score (nSPS) is 10.4. The highest BCUT2D eigenvalue weighted by Gasteiger charge is 2.28. The molecular weight excluding hydrogens is 423 g/mol. The summed E-state index contributed by atoms with van der Waals surface area (Å²) in [4.78, 5) is 25.0. The first-order valence-corrected chi connectivity index (χ1v) is 8.75. The molecule has 27 heavy (non-hydrogen) atoms. The van der Waals surface area contributed by atoms with Gasteiger partial charge in [0.2, 0.25) is 0 Å². The van der Waals surface area contributed by atoms with Crippen LogP contribution < -0.4 is 9.47 Å². The van der Waals surface area contributed by atoms with E-state index in [2.05, 4.69) is 15.9 Å². The van der Waals surface area contributed by atoms with Crippen LogP contribution in [0.2, 0.25) is 0 Å². The zero-order valence-electron chi connectivity index (χ0n) is 15.0. The summed E-state index contributed by atoms with van der Waals surface area (Å²) in [5.74, 6) is -0.742. The summed E-state index contributed by atoms with van der Waals surface area (Å²) in [6.07, 6.45) is 0. The molecule has 0 bridgehead atoms. The Bertz CT molecular complexity index is 875. The molecule has 0 unspecified atom stereocenters. The van der Waals surface area contributed by atoms with Gasteiger partial charge in [-0.3, -0.25) is 14.9 Å². The van der Waals surface area contributed by atoms with Crippen LogP contribution >= 0.6 is 15.9 Å². The predicted octanol–water partition coefficient (Wildman–Crippen LogP) is 4.18. The molecule has 0 aromatic heterocycles. The highest BCUT2D eigenvalue weighted by Crippen LogP contribution is 2.35. The maximum atomic E-state index is 14.1. The summed E-state index contributed by atoms with van der Waals surface area (Å²) < 4.78 is 24.9. The van der Waals surface area contributed by atoms with Crippen LogP contribution in [0.4, 0.5) is 10.1 Å². The van der Waals surface area contributed by atoms with Crippen LogP contribution in [0.25, 0.3) is 0 Å². The van der Waals surface area contributed by atoms with Crippen LogP contribution in [0.3, 0.4) is 0 Å². The van der Waals surface area contributed by atoms with E-state index in [-0.39, 0.29) is 30.2 Å². The number of hydrogen-bond acceptors (Lipinski definition) is 5. The topological polar surface area (TPSA) is 81.9 Å². The first kappa shape index (κ1) is 20.6. The van der Waals surface area contributed by atoms with Gasteiger partial charge in [-0.1, -0.05) is 15.9 Å². The Morgan fingerprint density at radius 2 is 1.85 bits per heavy atom. The third kappa shape index (κ3) is 4.54. The van der Waals surface area contributed by atoms with E-state index in [1.54, 1.807) is 19.1 Å². The number of hydrogen-bond donors (Lipinski definition) is 0. The highest BCUT2D eigenvalue weighted by molar-refractivity contribution is 9.10. The van der Waals surface area contributed by atoms with Crippen molar-refractivity contribution >= 4 is 27.5 Å². The standard InChI is InChI=1S/C18H18BrFN2O5/c1-4-21(10-11-7-12(19)5-6-14(11)20)18(23)13-8-16(26-2)17(27-3)9-15(13)22(24)25/h5-9H,4,10H2,1-3H3. The van der Waals surface area contributed by atoms with E-state index >= 15 is 0 Å². The van der Waals surface area contributed by atoms with Gasteiger partial charge in [0.1, 0.15) is 11.4 Å². The van der Waals surface area contributed by atoms with Crippen molar-refractivity contribution in [2.24, 2.45) is 0 Å². The number of rotatable bonds is 7. The SMILES string of the molecule is CCN(Cc1cc(Br)ccc1F)C(=O)c1cc(OC)c(OC)cc1[N+](=O)[O-]. The molecule has 0 radical (unpaired) electrons. The molecule has 9 heteroatoms. The van der Waals surface area contributed by atoms with Crippen molar-refractivity contribution in [2.75, 3.05) is 20.8 Å². The lowest BCUT2D eigenvalue weighted by Crippen LogP contribution is -2.31. The first-order valence-electron chi connectivity index (χ1n) is 7.96. The third-order valence-corrected chi connectivity index (χ3v) is 4.46. The fourth-order valence-electron chi connectivity index (χ4n) is 2.56. The lowest BCUT2D eigenvalue weighted by Gasteiger charge is -2.22. The molecule has 1 amide bonds. The average Bonchev–Trinajstić information content (AvgIpc) is 2.66. The minimum atomic E-state index is -0.664. The van der Waals surface area contributed by atoms with Crippen molar-refractivity contribution in [3.63, 3.8) is 0 Å². The van der Waals surface area contributed by atoms with Gasteiger partial charge in [0.25, 0.3) is 11.6 Å². The summed E-state index contributed by atoms with van der Waals surface area (Å²) in [7, 11) is 2.71. The summed E-state index contributed by atoms with van der Waals surface area (Å²) in [5.41, 5.74) is -0.275. The smallest absolute Gasteiger partial charge is 0.286 e. The molecule has 0 saturated carbocycles. The number of carbonyl (C=O) groups is 1. The van der Waals surface area contributed by atoms with Crippen molar-refractivity contribution in [3.8, 4) is 11.5 Å². The molecule has 2 rings (SSSR count). The van der Waals surface area contributed by atoms with Crippen LogP contribution in [0.1, 0.15) is 22.8 Å². The quantitative estimate of drug-likeness (QED) is 0.476. The summed E-state index contributed by atoms with van der Waals surface area (Å²) >= 11 is 3.27. The molecule has 0 heterocycles. The number of ether oxygens (including phenoxy) is 2. The Morgan fingerprint density at radius 3 is 2.41 bits per heavy atom. The molecule has 0 N–H and O–H groups in total. The number of halogens is 2. The second-order valence-corrected chi connectivity index (χ2v) is 6.45. The Balaban J connectivity index is 2.47. The maximum Gasteiger partial charge on any atom is 0.286 e. The van der Waals surface area contributed by atoms with Crippen molar-refractivity contribution in [1.29, 1.82) is 0 Å². The lowest BCUT2D eigenvalue weighted by atomic mass is 10.1. The Kier molecular flexibility index (Phi) is 6.73. The van der Waals surface area contributed by atoms with Gasteiger partial charge in [-0.25, -0.2) is 4.39 Å². The zero-order valence-corrected chi connectivity index (χ0v) is 16.6. The predicted molar refractivity (Wildman–Crippen MR) is 101 cm³/mol. The number of amides is 1. The largest absolute Gasteiger partial charge is 0.493 e. The summed E-state index contributed by atoms with van der Waals surface area (Å²) in [6, 6.07) is 6.81. The summed E-state index contributed by atoms with van der Waals surface area (Å²) in [6.45, 7) is 1.91. The van der Waals surface area contributed by atoms with Gasteiger partial charge in [0.05, 0.1) is 25.2 Å². The van der Waals surface area contributed by atoms with Crippen molar-refractivity contribution in [1.82, 2.24) is 4.90 Å². The Labute approximate surface area is 164 Å². The number of nitrogens with zero attached hydrogens (tertiary/aromatic N) is 2. The fraction of sp³-hybridized carbons (Fsp3) is 0.278. The molecule has 0 atom stereocenters. The van der Waals surface area contributed by atoms with Gasteiger partial charge in [0.15, 0.2) is 11.5 Å². The molecule has 0 aliphatic rings. The van der Waals surface area contributed by atoms with Crippen LogP contribution in [-0.2, 0) is 6.54 Å². The van der Waals surface area contributed by atoms with Gasteiger partial charge in [-0.2, -0.15) is 0 Å². The van der Waals surface area contributed by atoms with E-state index < -0.39 is 22.3 Å². The minimum Gasteiger partial charge on any atom is -0.493 e. The zero-order chi connectivity index (χ0) is 20.1. The van der Waals surface area contributed by atoms with Gasteiger partial charge < -0.3 is 14.4 Å². The van der Waals surface area contributed by atoms with Gasteiger partial charge in [-0.05, 0) is 25.1 Å². The number of carbonyl (C=O) groups excluding carboxylic acids is 1. The molecule has 2 aromatic rings. The van der Waals surface area contributed by atoms with Crippen LogP contribution in [0.15, 0.2) is 34.8 Å². The third-order valence-electron chi connectivity index (χ3n) is 3.97. The molecule has 0 fully saturated rings. The number of nitro groups is 1. The van der Waals surface area contributed by atoms with E-state index in [0.717, 1.165) is 6.07 Å². The monoisotopic (exact) mass is 440 g/mol. The van der Waals surface area contributed by atoms with Gasteiger partial charge >= 0.3 is 0 Å². The molecule has 0 spiro atoms. The van der Waals surface area contributed by atoms with Crippen LogP contribution in [0, 0.1) is 15.9 Å². The lowest BCUT2D eigenvalue weighted by molar-refractivity contribution is -0.385. The molecule has 144 valence electrons. The number of methoxy groups -OCH3 is 2. The molecule has 0 saturated heterocycles. The van der Waals surface area contributed by atoms with Crippen molar-refractivity contribution in [3.05, 3.63) is 61.9 Å². The summed E-state index contributed by atoms with van der Waals surface area (Å²) in [5, 5.41) is 11.4. The van der Waals surface area contributed by atoms with Crippen LogP contribution in [-0.4, -0.2) is 36.5 Å². The number of nitro benzene ring substituents is 1. The maximum absolute atomic E-state index is 14.1. The van der Waals surface area contributed by atoms with E-state index in [1.165, 1.54) is 31.3 Å². The average molecular weight is 441 g/mol. The van der Waals surface area contributed by atoms with E-state index in [4.69, 9.17) is 9.47 Å². The van der Waals surface area contributed by atoms with E-state index in [1.807, 2.05) is 0 Å². The minimum absolute atomic E-state index is 0.0356. The molecular formula is C18H18BrFN2O5. The first-order chi connectivity index (χ1) is 12.8. The van der Waals surface area contributed by atoms with Crippen molar-refractivity contribution in [2.45, 2.75) is 13.5 Å². The molecule has 7 nitrogen and oxygen atoms in total. The molecule has 0 aliphatic heterocycles. The van der Waals surface area contributed by atoms with E-state index in [9.17, 15) is 19.3 Å². The fourth-order valence-corrected chi connectivity index (χ4v) is 2.97. The second kappa shape index (κ2) is 8.81. The molecule has 0 aliphatic carbocycles. The van der Waals surface area contributed by atoms with Gasteiger partial charge in [0, 0.05) is 29.2 Å². The van der Waals surface area contributed by atoms with Crippen LogP contribution in [0.5, 0.6) is 11.5 Å². The number of benzene rings is 2. The van der Waals surface area contributed by atoms with Gasteiger partial charge in [-0.15, -0.1) is 0 Å². The highest BCUT2D eigenvalue weighted by atomic mass is 79.9. The molecule has 2 aromatic carbocycles. The second-order valence-electron chi connectivity index (χ2n) is 5.54. The Morgan fingerprint density at radius 1 is 1.22 bits per heavy atom. The van der Waals surface area contributed by atoms with Crippen molar-refractivity contribution < 1.29 is 23.6 Å². The Hall–Kier alpha value is -2.68.